The maximum atomic E-state index is 5.82. The average molecular weight is 267 g/mol. The van der Waals surface area contributed by atoms with E-state index in [4.69, 9.17) is 27.9 Å². The minimum Gasteiger partial charge on any atom is -0.457 e. The Morgan fingerprint density at radius 2 is 1.76 bits per heavy atom. The van der Waals surface area contributed by atoms with Gasteiger partial charge in [0.15, 0.2) is 0 Å². The summed E-state index contributed by atoms with van der Waals surface area (Å²) in [5, 5.41) is 0.701. The highest BCUT2D eigenvalue weighted by molar-refractivity contribution is 6.30. The van der Waals surface area contributed by atoms with E-state index in [0.717, 1.165) is 22.6 Å². The summed E-state index contributed by atoms with van der Waals surface area (Å²) in [7, 11) is 0. The first-order chi connectivity index (χ1) is 8.19. The molecule has 2 aromatic rings. The largest absolute Gasteiger partial charge is 0.457 e. The summed E-state index contributed by atoms with van der Waals surface area (Å²) in [6, 6.07) is 13.2. The van der Waals surface area contributed by atoms with Gasteiger partial charge in [-0.1, -0.05) is 23.7 Å². The van der Waals surface area contributed by atoms with Crippen LogP contribution in [0.25, 0.3) is 0 Å². The molecule has 0 radical (unpaired) electrons. The molecule has 0 aliphatic carbocycles. The Morgan fingerprint density at radius 3 is 2.35 bits per heavy atom. The molecule has 0 bridgehead atoms. The fourth-order valence-electron chi connectivity index (χ4n) is 1.54. The first-order valence-corrected chi connectivity index (χ1v) is 6.19. The molecule has 0 saturated heterocycles. The van der Waals surface area contributed by atoms with Crippen LogP contribution in [0, 0.1) is 6.92 Å². The first kappa shape index (κ1) is 12.3. The van der Waals surface area contributed by atoms with Gasteiger partial charge in [-0.15, -0.1) is 11.6 Å². The van der Waals surface area contributed by atoms with E-state index >= 15 is 0 Å². The Kier molecular flexibility index (Phi) is 3.93. The van der Waals surface area contributed by atoms with Crippen LogP contribution >= 0.6 is 23.2 Å². The van der Waals surface area contributed by atoms with Gasteiger partial charge in [-0.25, -0.2) is 0 Å². The van der Waals surface area contributed by atoms with Crippen molar-refractivity contribution in [1.82, 2.24) is 0 Å². The zero-order valence-electron chi connectivity index (χ0n) is 9.41. The molecule has 0 amide bonds. The van der Waals surface area contributed by atoms with E-state index < -0.39 is 0 Å². The molecule has 0 spiro atoms. The maximum absolute atomic E-state index is 5.82. The fraction of sp³-hybridized carbons (Fsp3) is 0.143. The lowest BCUT2D eigenvalue weighted by atomic mass is 10.1. The fourth-order valence-corrected chi connectivity index (χ4v) is 1.83. The molecule has 0 atom stereocenters. The maximum Gasteiger partial charge on any atom is 0.130 e. The highest BCUT2D eigenvalue weighted by atomic mass is 35.5. The minimum atomic E-state index is 0.516. The highest BCUT2D eigenvalue weighted by Crippen LogP contribution is 2.27. The third-order valence-electron chi connectivity index (χ3n) is 2.44. The summed E-state index contributed by atoms with van der Waals surface area (Å²) in [4.78, 5) is 0. The summed E-state index contributed by atoms with van der Waals surface area (Å²) in [6.07, 6.45) is 0. The molecule has 88 valence electrons. The molecule has 17 heavy (non-hydrogen) atoms. The van der Waals surface area contributed by atoms with Crippen molar-refractivity contribution in [3.8, 4) is 11.5 Å². The Labute approximate surface area is 111 Å². The summed E-state index contributed by atoms with van der Waals surface area (Å²) in [5.74, 6) is 2.12. The zero-order chi connectivity index (χ0) is 12.3. The van der Waals surface area contributed by atoms with Crippen LogP contribution in [0.4, 0.5) is 0 Å². The summed E-state index contributed by atoms with van der Waals surface area (Å²) in [5.41, 5.74) is 2.16. The topological polar surface area (TPSA) is 9.23 Å². The molecule has 0 heterocycles. The quantitative estimate of drug-likeness (QED) is 0.696. The smallest absolute Gasteiger partial charge is 0.130 e. The lowest BCUT2D eigenvalue weighted by molar-refractivity contribution is 0.479. The van der Waals surface area contributed by atoms with Crippen LogP contribution in [0.3, 0.4) is 0 Å². The van der Waals surface area contributed by atoms with Crippen LogP contribution in [0.1, 0.15) is 11.1 Å². The lowest BCUT2D eigenvalue weighted by Crippen LogP contribution is -1.89. The Bertz CT molecular complexity index is 506. The van der Waals surface area contributed by atoms with Crippen molar-refractivity contribution in [3.05, 3.63) is 58.6 Å². The molecule has 2 rings (SSSR count). The van der Waals surface area contributed by atoms with E-state index in [2.05, 4.69) is 0 Å². The van der Waals surface area contributed by atoms with Crippen LogP contribution in [0.15, 0.2) is 42.5 Å². The average Bonchev–Trinajstić information content (AvgIpc) is 2.34. The normalized spacial score (nSPS) is 10.3. The molecule has 0 saturated carbocycles. The van der Waals surface area contributed by atoms with Crippen molar-refractivity contribution in [1.29, 1.82) is 0 Å². The van der Waals surface area contributed by atoms with Crippen LogP contribution < -0.4 is 4.74 Å². The SMILES string of the molecule is Cc1cc(CCl)ccc1Oc1ccc(Cl)cc1. The monoisotopic (exact) mass is 266 g/mol. The molecule has 0 aliphatic heterocycles. The summed E-state index contributed by atoms with van der Waals surface area (Å²) < 4.78 is 5.76. The molecule has 3 heteroatoms. The van der Waals surface area contributed by atoms with Gasteiger partial charge in [-0.05, 0) is 48.4 Å². The highest BCUT2D eigenvalue weighted by Gasteiger charge is 2.02. The second kappa shape index (κ2) is 5.44. The van der Waals surface area contributed by atoms with E-state index in [1.165, 1.54) is 0 Å². The molecule has 0 unspecified atom stereocenters. The van der Waals surface area contributed by atoms with Gasteiger partial charge < -0.3 is 4.74 Å². The summed E-state index contributed by atoms with van der Waals surface area (Å²) >= 11 is 11.6. The number of benzene rings is 2. The van der Waals surface area contributed by atoms with Crippen molar-refractivity contribution >= 4 is 23.2 Å². The number of aryl methyl sites for hydroxylation is 1. The Balaban J connectivity index is 2.21. The molecule has 0 aromatic heterocycles. The second-order valence-corrected chi connectivity index (χ2v) is 4.49. The number of hydrogen-bond acceptors (Lipinski definition) is 1. The van der Waals surface area contributed by atoms with Gasteiger partial charge in [0.1, 0.15) is 11.5 Å². The first-order valence-electron chi connectivity index (χ1n) is 5.28. The van der Waals surface area contributed by atoms with E-state index in [1.54, 1.807) is 12.1 Å². The van der Waals surface area contributed by atoms with E-state index in [9.17, 15) is 0 Å². The van der Waals surface area contributed by atoms with Crippen LogP contribution in [-0.4, -0.2) is 0 Å². The van der Waals surface area contributed by atoms with Gasteiger partial charge in [0.05, 0.1) is 0 Å². The summed E-state index contributed by atoms with van der Waals surface area (Å²) in [6.45, 7) is 2.00. The standard InChI is InChI=1S/C14H12Cl2O/c1-10-8-11(9-15)2-7-14(10)17-13-5-3-12(16)4-6-13/h2-8H,9H2,1H3. The van der Waals surface area contributed by atoms with Crippen LogP contribution in [0.2, 0.25) is 5.02 Å². The van der Waals surface area contributed by atoms with E-state index in [1.807, 2.05) is 37.3 Å². The van der Waals surface area contributed by atoms with Gasteiger partial charge in [0.2, 0.25) is 0 Å². The molecular formula is C14H12Cl2O. The molecule has 2 aromatic carbocycles. The van der Waals surface area contributed by atoms with Gasteiger partial charge in [-0.2, -0.15) is 0 Å². The van der Waals surface area contributed by atoms with Crippen molar-refractivity contribution in [2.24, 2.45) is 0 Å². The van der Waals surface area contributed by atoms with E-state index in [0.29, 0.717) is 10.9 Å². The van der Waals surface area contributed by atoms with Crippen LogP contribution in [0.5, 0.6) is 11.5 Å². The third kappa shape index (κ3) is 3.15. The lowest BCUT2D eigenvalue weighted by Gasteiger charge is -2.09. The van der Waals surface area contributed by atoms with Crippen molar-refractivity contribution in [2.45, 2.75) is 12.8 Å². The van der Waals surface area contributed by atoms with Crippen molar-refractivity contribution < 1.29 is 4.74 Å². The number of rotatable bonds is 3. The molecule has 0 N–H and O–H groups in total. The predicted molar refractivity (Wildman–Crippen MR) is 72.3 cm³/mol. The van der Waals surface area contributed by atoms with Gasteiger partial charge in [0.25, 0.3) is 0 Å². The van der Waals surface area contributed by atoms with Crippen LogP contribution in [-0.2, 0) is 5.88 Å². The molecule has 1 nitrogen and oxygen atoms in total. The third-order valence-corrected chi connectivity index (χ3v) is 3.00. The van der Waals surface area contributed by atoms with Gasteiger partial charge in [0, 0.05) is 10.9 Å². The Hall–Kier alpha value is -1.18. The van der Waals surface area contributed by atoms with Gasteiger partial charge >= 0.3 is 0 Å². The molecular weight excluding hydrogens is 255 g/mol. The molecule has 0 aliphatic rings. The predicted octanol–water partition coefficient (Wildman–Crippen LogP) is 5.18. The van der Waals surface area contributed by atoms with Crippen molar-refractivity contribution in [3.63, 3.8) is 0 Å². The van der Waals surface area contributed by atoms with E-state index in [-0.39, 0.29) is 0 Å². The molecule has 0 fully saturated rings. The number of alkyl halides is 1. The number of halogens is 2. The Morgan fingerprint density at radius 1 is 1.06 bits per heavy atom. The zero-order valence-corrected chi connectivity index (χ0v) is 10.9. The minimum absolute atomic E-state index is 0.516. The van der Waals surface area contributed by atoms with Crippen molar-refractivity contribution in [2.75, 3.05) is 0 Å². The number of ether oxygens (including phenoxy) is 1. The van der Waals surface area contributed by atoms with Gasteiger partial charge in [-0.3, -0.25) is 0 Å². The second-order valence-electron chi connectivity index (χ2n) is 3.79. The number of hydrogen-bond donors (Lipinski definition) is 0.